The first-order valence-corrected chi connectivity index (χ1v) is 10.5. The first-order valence-electron chi connectivity index (χ1n) is 10.5. The minimum atomic E-state index is -0.100. The summed E-state index contributed by atoms with van der Waals surface area (Å²) in [5, 5.41) is 6.15. The lowest BCUT2D eigenvalue weighted by molar-refractivity contribution is -0.116. The van der Waals surface area contributed by atoms with Crippen LogP contribution in [-0.2, 0) is 17.8 Å². The van der Waals surface area contributed by atoms with Crippen molar-refractivity contribution in [3.63, 3.8) is 0 Å². The van der Waals surface area contributed by atoms with Gasteiger partial charge in [0, 0.05) is 32.3 Å². The van der Waals surface area contributed by atoms with E-state index in [0.717, 1.165) is 49.1 Å². The number of pyridine rings is 1. The van der Waals surface area contributed by atoms with Gasteiger partial charge < -0.3 is 25.0 Å². The highest BCUT2D eigenvalue weighted by Crippen LogP contribution is 2.33. The maximum Gasteiger partial charge on any atom is 0.227 e. The molecule has 0 unspecified atom stereocenters. The number of aromatic nitrogens is 1. The zero-order valence-electron chi connectivity index (χ0n) is 18.7. The second-order valence-electron chi connectivity index (χ2n) is 7.40. The van der Waals surface area contributed by atoms with Crippen molar-refractivity contribution in [2.24, 2.45) is 4.99 Å². The SMILES string of the molecule is CCNC(=NCCC(=O)Nc1ccc(C)cn1)N1CCc2cc(OC)c(OC)cc2C1. The maximum absolute atomic E-state index is 12.2. The summed E-state index contributed by atoms with van der Waals surface area (Å²) in [6.45, 7) is 6.72. The highest BCUT2D eigenvalue weighted by atomic mass is 16.5. The summed E-state index contributed by atoms with van der Waals surface area (Å²) in [5.41, 5.74) is 3.50. The lowest BCUT2D eigenvalue weighted by Crippen LogP contribution is -2.44. The molecule has 3 rings (SSSR count). The first kappa shape index (κ1) is 22.4. The van der Waals surface area contributed by atoms with E-state index in [4.69, 9.17) is 9.47 Å². The molecular weight excluding hydrogens is 394 g/mol. The third-order valence-corrected chi connectivity index (χ3v) is 5.13. The summed E-state index contributed by atoms with van der Waals surface area (Å²) in [6, 6.07) is 7.81. The molecule has 8 heteroatoms. The van der Waals surface area contributed by atoms with Crippen LogP contribution < -0.4 is 20.1 Å². The maximum atomic E-state index is 12.2. The number of methoxy groups -OCH3 is 2. The lowest BCUT2D eigenvalue weighted by atomic mass is 9.99. The molecule has 0 radical (unpaired) electrons. The Morgan fingerprint density at radius 3 is 2.58 bits per heavy atom. The number of amides is 1. The highest BCUT2D eigenvalue weighted by Gasteiger charge is 2.21. The molecule has 2 aromatic rings. The number of anilines is 1. The number of carbonyl (C=O) groups is 1. The van der Waals surface area contributed by atoms with E-state index >= 15 is 0 Å². The largest absolute Gasteiger partial charge is 0.493 e. The van der Waals surface area contributed by atoms with Gasteiger partial charge in [0.2, 0.25) is 5.91 Å². The van der Waals surface area contributed by atoms with Crippen molar-refractivity contribution in [1.29, 1.82) is 0 Å². The fraction of sp³-hybridized carbons (Fsp3) is 0.435. The van der Waals surface area contributed by atoms with Gasteiger partial charge in [-0.25, -0.2) is 4.98 Å². The molecule has 0 saturated heterocycles. The quantitative estimate of drug-likeness (QED) is 0.524. The van der Waals surface area contributed by atoms with Gasteiger partial charge in [-0.2, -0.15) is 0 Å². The Hall–Kier alpha value is -3.29. The molecule has 166 valence electrons. The van der Waals surface area contributed by atoms with Gasteiger partial charge in [-0.3, -0.25) is 9.79 Å². The van der Waals surface area contributed by atoms with Gasteiger partial charge in [0.15, 0.2) is 17.5 Å². The van der Waals surface area contributed by atoms with Crippen LogP contribution in [0.4, 0.5) is 5.82 Å². The van der Waals surface area contributed by atoms with E-state index in [1.807, 2.05) is 26.0 Å². The summed E-state index contributed by atoms with van der Waals surface area (Å²) in [5.74, 6) is 2.75. The summed E-state index contributed by atoms with van der Waals surface area (Å²) >= 11 is 0. The minimum absolute atomic E-state index is 0.100. The minimum Gasteiger partial charge on any atom is -0.493 e. The van der Waals surface area contributed by atoms with E-state index in [0.29, 0.717) is 18.8 Å². The first-order chi connectivity index (χ1) is 15.0. The summed E-state index contributed by atoms with van der Waals surface area (Å²) in [4.78, 5) is 23.3. The molecule has 1 aromatic carbocycles. The van der Waals surface area contributed by atoms with Crippen molar-refractivity contribution < 1.29 is 14.3 Å². The number of ether oxygens (including phenoxy) is 2. The molecule has 0 saturated carbocycles. The van der Waals surface area contributed by atoms with E-state index in [-0.39, 0.29) is 5.91 Å². The van der Waals surface area contributed by atoms with E-state index in [1.165, 1.54) is 11.1 Å². The summed E-state index contributed by atoms with van der Waals surface area (Å²) < 4.78 is 10.9. The molecule has 31 heavy (non-hydrogen) atoms. The summed E-state index contributed by atoms with van der Waals surface area (Å²) in [7, 11) is 3.30. The normalized spacial score (nSPS) is 13.4. The number of hydrogen-bond donors (Lipinski definition) is 2. The van der Waals surface area contributed by atoms with E-state index in [9.17, 15) is 4.79 Å². The monoisotopic (exact) mass is 425 g/mol. The van der Waals surface area contributed by atoms with Crippen LogP contribution in [-0.4, -0.2) is 55.6 Å². The second-order valence-corrected chi connectivity index (χ2v) is 7.40. The van der Waals surface area contributed by atoms with Gasteiger partial charge in [-0.1, -0.05) is 6.07 Å². The smallest absolute Gasteiger partial charge is 0.227 e. The number of hydrogen-bond acceptors (Lipinski definition) is 5. The molecule has 2 N–H and O–H groups in total. The topological polar surface area (TPSA) is 88.1 Å². The predicted octanol–water partition coefficient (Wildman–Crippen LogP) is 2.76. The van der Waals surface area contributed by atoms with Crippen LogP contribution in [0.15, 0.2) is 35.5 Å². The van der Waals surface area contributed by atoms with Crippen LogP contribution in [0.25, 0.3) is 0 Å². The second kappa shape index (κ2) is 10.7. The Kier molecular flexibility index (Phi) is 7.70. The Labute approximate surface area is 183 Å². The Morgan fingerprint density at radius 1 is 1.19 bits per heavy atom. The van der Waals surface area contributed by atoms with Crippen LogP contribution in [0.2, 0.25) is 0 Å². The highest BCUT2D eigenvalue weighted by molar-refractivity contribution is 5.90. The number of rotatable bonds is 7. The van der Waals surface area contributed by atoms with Gasteiger partial charge in [0.25, 0.3) is 0 Å². The average Bonchev–Trinajstić information content (AvgIpc) is 2.78. The molecule has 1 aliphatic heterocycles. The Balaban J connectivity index is 1.63. The number of aryl methyl sites for hydroxylation is 1. The van der Waals surface area contributed by atoms with Crippen molar-refractivity contribution in [2.75, 3.05) is 39.2 Å². The zero-order chi connectivity index (χ0) is 22.2. The lowest BCUT2D eigenvalue weighted by Gasteiger charge is -2.32. The third-order valence-electron chi connectivity index (χ3n) is 5.13. The molecule has 0 atom stereocenters. The number of nitrogens with one attached hydrogen (secondary N) is 2. The van der Waals surface area contributed by atoms with E-state index in [1.54, 1.807) is 26.5 Å². The fourth-order valence-electron chi connectivity index (χ4n) is 3.50. The van der Waals surface area contributed by atoms with Gasteiger partial charge >= 0.3 is 0 Å². The van der Waals surface area contributed by atoms with Crippen molar-refractivity contribution in [3.05, 3.63) is 47.2 Å². The van der Waals surface area contributed by atoms with Crippen molar-refractivity contribution in [1.82, 2.24) is 15.2 Å². The van der Waals surface area contributed by atoms with Crippen LogP contribution in [0, 0.1) is 6.92 Å². The molecule has 0 bridgehead atoms. The van der Waals surface area contributed by atoms with Gasteiger partial charge in [0.1, 0.15) is 5.82 Å². The number of nitrogens with zero attached hydrogens (tertiary/aromatic N) is 3. The molecule has 0 fully saturated rings. The number of carbonyl (C=O) groups excluding carboxylic acids is 1. The molecule has 1 aromatic heterocycles. The number of benzene rings is 1. The van der Waals surface area contributed by atoms with Gasteiger partial charge in [-0.05, 0) is 55.2 Å². The Bertz CT molecular complexity index is 928. The average molecular weight is 426 g/mol. The van der Waals surface area contributed by atoms with Crippen molar-refractivity contribution in [2.45, 2.75) is 33.2 Å². The fourth-order valence-corrected chi connectivity index (χ4v) is 3.50. The molecule has 0 aliphatic carbocycles. The van der Waals surface area contributed by atoms with Crippen molar-refractivity contribution in [3.8, 4) is 11.5 Å². The number of fused-ring (bicyclic) bond motifs is 1. The van der Waals surface area contributed by atoms with Crippen molar-refractivity contribution >= 4 is 17.7 Å². The standard InChI is InChI=1S/C23H31N5O3/c1-5-24-23(25-10-8-22(29)27-21-7-6-16(2)14-26-21)28-11-9-17-12-19(30-3)20(31-4)13-18(17)15-28/h6-7,12-14H,5,8-11,15H2,1-4H3,(H,24,25)(H,26,27,29). The number of aliphatic imine (C=N–C) groups is 1. The molecule has 2 heterocycles. The predicted molar refractivity (Wildman–Crippen MR) is 122 cm³/mol. The third kappa shape index (κ3) is 5.87. The van der Waals surface area contributed by atoms with Crippen LogP contribution in [0.3, 0.4) is 0 Å². The molecule has 8 nitrogen and oxygen atoms in total. The van der Waals surface area contributed by atoms with E-state index in [2.05, 4.69) is 31.6 Å². The summed E-state index contributed by atoms with van der Waals surface area (Å²) in [6.07, 6.45) is 2.91. The van der Waals surface area contributed by atoms with Crippen LogP contribution >= 0.6 is 0 Å². The van der Waals surface area contributed by atoms with Crippen LogP contribution in [0.1, 0.15) is 30.0 Å². The van der Waals surface area contributed by atoms with E-state index < -0.39 is 0 Å². The van der Waals surface area contributed by atoms with Gasteiger partial charge in [-0.15, -0.1) is 0 Å². The number of guanidine groups is 1. The molecule has 1 aliphatic rings. The molecular formula is C23H31N5O3. The molecule has 0 spiro atoms. The van der Waals surface area contributed by atoms with Gasteiger partial charge in [0.05, 0.1) is 20.8 Å². The Morgan fingerprint density at radius 2 is 1.94 bits per heavy atom. The molecule has 1 amide bonds. The van der Waals surface area contributed by atoms with Crippen LogP contribution in [0.5, 0.6) is 11.5 Å². The zero-order valence-corrected chi connectivity index (χ0v) is 18.7.